The van der Waals surface area contributed by atoms with E-state index in [2.05, 4.69) is 25.8 Å². The number of carbonyl (C=O) groups excluding carboxylic acids is 1. The number of carbonyl (C=O) groups is 1. The summed E-state index contributed by atoms with van der Waals surface area (Å²) >= 11 is 0. The van der Waals surface area contributed by atoms with Crippen molar-refractivity contribution >= 4 is 6.09 Å². The van der Waals surface area contributed by atoms with Crippen LogP contribution in [0.4, 0.5) is 4.79 Å². The summed E-state index contributed by atoms with van der Waals surface area (Å²) in [5.41, 5.74) is 0.00666. The summed E-state index contributed by atoms with van der Waals surface area (Å²) in [7, 11) is 2.24. The summed E-state index contributed by atoms with van der Waals surface area (Å²) in [5.74, 6) is 0.771. The quantitative estimate of drug-likeness (QED) is 0.797. The van der Waals surface area contributed by atoms with E-state index in [-0.39, 0.29) is 11.7 Å². The highest BCUT2D eigenvalue weighted by Gasteiger charge is 2.55. The summed E-state index contributed by atoms with van der Waals surface area (Å²) in [6, 6.07) is 0.713. The average molecular weight is 296 g/mol. The third-order valence-corrected chi connectivity index (χ3v) is 4.72. The maximum absolute atomic E-state index is 12.0. The van der Waals surface area contributed by atoms with E-state index in [9.17, 15) is 4.79 Å². The van der Waals surface area contributed by atoms with Crippen LogP contribution in [0, 0.1) is 11.3 Å². The molecule has 1 aliphatic heterocycles. The van der Waals surface area contributed by atoms with Gasteiger partial charge in [-0.25, -0.2) is 4.79 Å². The van der Waals surface area contributed by atoms with Crippen LogP contribution in [0.25, 0.3) is 0 Å². The van der Waals surface area contributed by atoms with Crippen LogP contribution < -0.4 is 0 Å². The predicted molar refractivity (Wildman–Crippen MR) is 85.3 cm³/mol. The zero-order valence-corrected chi connectivity index (χ0v) is 14.6. The highest BCUT2D eigenvalue weighted by atomic mass is 16.6. The summed E-state index contributed by atoms with van der Waals surface area (Å²) in [6.07, 6.45) is 3.59. The second-order valence-corrected chi connectivity index (χ2v) is 8.56. The van der Waals surface area contributed by atoms with E-state index >= 15 is 0 Å². The standard InChI is InChI=1S/C17H32N2O2/c1-13(2)7-8-18(6)14-9-17(10-14)11-19(12-17)15(20)21-16(3,4)5/h13-14H,7-12H2,1-6H3. The normalized spacial score (nSPS) is 21.6. The Bertz CT molecular complexity index is 373. The number of amides is 1. The fourth-order valence-corrected chi connectivity index (χ4v) is 3.37. The Labute approximate surface area is 129 Å². The van der Waals surface area contributed by atoms with Gasteiger partial charge < -0.3 is 14.5 Å². The van der Waals surface area contributed by atoms with Gasteiger partial charge in [0.1, 0.15) is 5.60 Å². The summed E-state index contributed by atoms with van der Waals surface area (Å²) in [5, 5.41) is 0. The molecule has 1 amide bonds. The molecule has 0 N–H and O–H groups in total. The Kier molecular flexibility index (Phi) is 4.57. The largest absolute Gasteiger partial charge is 0.444 e. The van der Waals surface area contributed by atoms with Gasteiger partial charge in [0.05, 0.1) is 0 Å². The van der Waals surface area contributed by atoms with Crippen molar-refractivity contribution in [3.63, 3.8) is 0 Å². The number of rotatable bonds is 4. The number of ether oxygens (including phenoxy) is 1. The Hall–Kier alpha value is -0.770. The van der Waals surface area contributed by atoms with Gasteiger partial charge in [0.25, 0.3) is 0 Å². The van der Waals surface area contributed by atoms with Crippen LogP contribution in [0.3, 0.4) is 0 Å². The lowest BCUT2D eigenvalue weighted by Crippen LogP contribution is -2.67. The molecule has 1 heterocycles. The molecule has 1 spiro atoms. The minimum Gasteiger partial charge on any atom is -0.444 e. The molecule has 0 unspecified atom stereocenters. The van der Waals surface area contributed by atoms with Crippen LogP contribution in [-0.4, -0.2) is 54.2 Å². The number of nitrogens with zero attached hydrogens (tertiary/aromatic N) is 2. The lowest BCUT2D eigenvalue weighted by molar-refractivity contribution is -0.104. The fourth-order valence-electron chi connectivity index (χ4n) is 3.37. The van der Waals surface area contributed by atoms with E-state index in [4.69, 9.17) is 4.74 Å². The molecule has 4 nitrogen and oxygen atoms in total. The van der Waals surface area contributed by atoms with Crippen LogP contribution in [-0.2, 0) is 4.74 Å². The minimum atomic E-state index is -0.390. The van der Waals surface area contributed by atoms with Crippen molar-refractivity contribution in [3.05, 3.63) is 0 Å². The van der Waals surface area contributed by atoms with Crippen molar-refractivity contribution in [2.45, 2.75) is 65.5 Å². The topological polar surface area (TPSA) is 32.8 Å². The van der Waals surface area contributed by atoms with Crippen molar-refractivity contribution in [2.75, 3.05) is 26.7 Å². The Balaban J connectivity index is 1.68. The van der Waals surface area contributed by atoms with Gasteiger partial charge in [0.2, 0.25) is 0 Å². The van der Waals surface area contributed by atoms with Gasteiger partial charge in [-0.3, -0.25) is 0 Å². The molecule has 1 saturated carbocycles. The maximum atomic E-state index is 12.0. The molecule has 0 radical (unpaired) electrons. The molecule has 4 heteroatoms. The van der Waals surface area contributed by atoms with Crippen LogP contribution >= 0.6 is 0 Å². The molecule has 2 rings (SSSR count). The van der Waals surface area contributed by atoms with Gasteiger partial charge in [0.15, 0.2) is 0 Å². The number of likely N-dealkylation sites (tertiary alicyclic amines) is 1. The molecular formula is C17H32N2O2. The van der Waals surface area contributed by atoms with Crippen molar-refractivity contribution in [1.82, 2.24) is 9.80 Å². The lowest BCUT2D eigenvalue weighted by atomic mass is 9.60. The van der Waals surface area contributed by atoms with Crippen LogP contribution in [0.15, 0.2) is 0 Å². The molecule has 2 fully saturated rings. The summed E-state index contributed by atoms with van der Waals surface area (Å²) in [4.78, 5) is 16.3. The number of hydrogen-bond acceptors (Lipinski definition) is 3. The van der Waals surface area contributed by atoms with Crippen molar-refractivity contribution in [1.29, 1.82) is 0 Å². The second kappa shape index (κ2) is 5.79. The van der Waals surface area contributed by atoms with Crippen molar-refractivity contribution in [3.8, 4) is 0 Å². The molecule has 0 atom stereocenters. The molecule has 1 saturated heterocycles. The Morgan fingerprint density at radius 1 is 1.33 bits per heavy atom. The van der Waals surface area contributed by atoms with E-state index in [1.54, 1.807) is 0 Å². The van der Waals surface area contributed by atoms with Gasteiger partial charge in [-0.05, 0) is 59.5 Å². The minimum absolute atomic E-state index is 0.148. The molecule has 21 heavy (non-hydrogen) atoms. The fraction of sp³-hybridized carbons (Fsp3) is 0.941. The van der Waals surface area contributed by atoms with Gasteiger partial charge in [-0.1, -0.05) is 13.8 Å². The van der Waals surface area contributed by atoms with Crippen molar-refractivity contribution in [2.24, 2.45) is 11.3 Å². The van der Waals surface area contributed by atoms with E-state index in [0.717, 1.165) is 19.0 Å². The summed E-state index contributed by atoms with van der Waals surface area (Å²) < 4.78 is 5.42. The zero-order valence-electron chi connectivity index (χ0n) is 14.6. The molecule has 0 aromatic rings. The van der Waals surface area contributed by atoms with Gasteiger partial charge >= 0.3 is 6.09 Å². The first-order valence-corrected chi connectivity index (χ1v) is 8.28. The van der Waals surface area contributed by atoms with E-state index in [1.165, 1.54) is 25.8 Å². The smallest absolute Gasteiger partial charge is 0.410 e. The predicted octanol–water partition coefficient (Wildman–Crippen LogP) is 3.36. The zero-order chi connectivity index (χ0) is 15.8. The first kappa shape index (κ1) is 16.6. The third-order valence-electron chi connectivity index (χ3n) is 4.72. The molecule has 2 aliphatic rings. The summed E-state index contributed by atoms with van der Waals surface area (Å²) in [6.45, 7) is 13.3. The van der Waals surface area contributed by atoms with Crippen LogP contribution in [0.1, 0.15) is 53.9 Å². The van der Waals surface area contributed by atoms with Gasteiger partial charge in [-0.2, -0.15) is 0 Å². The van der Waals surface area contributed by atoms with Crippen molar-refractivity contribution < 1.29 is 9.53 Å². The highest BCUT2D eigenvalue weighted by molar-refractivity contribution is 5.69. The molecule has 1 aliphatic carbocycles. The average Bonchev–Trinajstić information content (AvgIpc) is 2.19. The number of hydrogen-bond donors (Lipinski definition) is 0. The van der Waals surface area contributed by atoms with E-state index in [0.29, 0.717) is 11.5 Å². The molecular weight excluding hydrogens is 264 g/mol. The lowest BCUT2D eigenvalue weighted by Gasteiger charge is -2.60. The Morgan fingerprint density at radius 2 is 1.90 bits per heavy atom. The Morgan fingerprint density at radius 3 is 2.38 bits per heavy atom. The monoisotopic (exact) mass is 296 g/mol. The molecule has 0 aromatic carbocycles. The first-order valence-electron chi connectivity index (χ1n) is 8.28. The van der Waals surface area contributed by atoms with Crippen LogP contribution in [0.5, 0.6) is 0 Å². The SMILES string of the molecule is CC(C)CCN(C)C1CC2(C1)CN(C(=O)OC(C)(C)C)C2. The molecule has 0 bridgehead atoms. The molecule has 122 valence electrons. The van der Waals surface area contributed by atoms with E-state index < -0.39 is 0 Å². The van der Waals surface area contributed by atoms with Gasteiger partial charge in [0, 0.05) is 24.5 Å². The van der Waals surface area contributed by atoms with E-state index in [1.807, 2.05) is 25.7 Å². The third kappa shape index (κ3) is 4.12. The second-order valence-electron chi connectivity index (χ2n) is 8.56. The van der Waals surface area contributed by atoms with Crippen LogP contribution in [0.2, 0.25) is 0 Å². The van der Waals surface area contributed by atoms with Gasteiger partial charge in [-0.15, -0.1) is 0 Å². The first-order chi connectivity index (χ1) is 9.60. The molecule has 0 aromatic heterocycles. The maximum Gasteiger partial charge on any atom is 0.410 e. The highest BCUT2D eigenvalue weighted by Crippen LogP contribution is 2.50.